The van der Waals surface area contributed by atoms with Crippen molar-refractivity contribution in [1.29, 1.82) is 0 Å². The van der Waals surface area contributed by atoms with Gasteiger partial charge in [0.05, 0.1) is 28.5 Å². The number of fused-ring (bicyclic) bond motifs is 1. The molecule has 3 nitrogen and oxygen atoms in total. The molecule has 6 heteroatoms. The number of nitrogens with zero attached hydrogens (tertiary/aromatic N) is 1. The van der Waals surface area contributed by atoms with Crippen LogP contribution in [0.2, 0.25) is 10.0 Å². The van der Waals surface area contributed by atoms with Crippen LogP contribution in [-0.2, 0) is 6.54 Å². The van der Waals surface area contributed by atoms with Crippen LogP contribution in [0.3, 0.4) is 0 Å². The molecule has 1 heterocycles. The van der Waals surface area contributed by atoms with Crippen LogP contribution >= 0.6 is 23.2 Å². The topological polar surface area (TPSA) is 36.4 Å². The molecule has 28 heavy (non-hydrogen) atoms. The molecule has 4 rings (SSSR count). The van der Waals surface area contributed by atoms with Gasteiger partial charge in [0.2, 0.25) is 0 Å². The van der Waals surface area contributed by atoms with Crippen LogP contribution < -0.4 is 10.6 Å². The van der Waals surface area contributed by atoms with Gasteiger partial charge in [-0.2, -0.15) is 0 Å². The summed E-state index contributed by atoms with van der Waals surface area (Å²) in [6.07, 6.45) is 5.61. The van der Waals surface area contributed by atoms with E-state index in [1.54, 1.807) is 0 Å². The zero-order valence-corrected chi connectivity index (χ0v) is 17.8. The summed E-state index contributed by atoms with van der Waals surface area (Å²) in [6.45, 7) is 4.31. The van der Waals surface area contributed by atoms with Crippen LogP contribution in [-0.4, -0.2) is 11.4 Å². The highest BCUT2D eigenvalue weighted by atomic mass is 35.5. The smallest absolute Gasteiger partial charge is 0.142 e. The van der Waals surface area contributed by atoms with E-state index in [9.17, 15) is 4.39 Å². The third-order valence-electron chi connectivity index (χ3n) is 5.21. The van der Waals surface area contributed by atoms with Gasteiger partial charge >= 0.3 is 0 Å². The molecule has 0 atom stereocenters. The molecule has 0 unspecified atom stereocenters. The van der Waals surface area contributed by atoms with Crippen LogP contribution in [0.4, 0.5) is 15.8 Å². The molecule has 2 N–H and O–H groups in total. The third-order valence-corrected chi connectivity index (χ3v) is 5.85. The fourth-order valence-corrected chi connectivity index (χ4v) is 4.27. The first-order chi connectivity index (χ1) is 13.6. The van der Waals surface area contributed by atoms with Gasteiger partial charge in [0.25, 0.3) is 0 Å². The van der Waals surface area contributed by atoms with E-state index in [1.807, 2.05) is 32.0 Å². The van der Waals surface area contributed by atoms with Gasteiger partial charge in [-0.25, -0.2) is 4.39 Å². The molecule has 2 aromatic rings. The molecule has 1 aliphatic heterocycles. The number of aliphatic imine (C=N–C) groups is 1. The average molecular weight is 422 g/mol. The Morgan fingerprint density at radius 3 is 2.39 bits per heavy atom. The highest BCUT2D eigenvalue weighted by Crippen LogP contribution is 2.39. The Kier molecular flexibility index (Phi) is 6.84. The summed E-state index contributed by atoms with van der Waals surface area (Å²) >= 11 is 12.0. The first kappa shape index (κ1) is 20.9. The molecule has 0 radical (unpaired) electrons. The van der Waals surface area contributed by atoms with Crippen LogP contribution in [0.5, 0.6) is 0 Å². The minimum absolute atomic E-state index is 0.0292. The first-order valence-corrected chi connectivity index (χ1v) is 10.7. The van der Waals surface area contributed by atoms with Crippen molar-refractivity contribution in [2.45, 2.75) is 58.0 Å². The van der Waals surface area contributed by atoms with Crippen molar-refractivity contribution < 1.29 is 4.39 Å². The lowest BCUT2D eigenvalue weighted by molar-refractivity contribution is 0.403. The van der Waals surface area contributed by atoms with E-state index in [-0.39, 0.29) is 10.6 Å². The second kappa shape index (κ2) is 9.15. The van der Waals surface area contributed by atoms with E-state index in [2.05, 4.69) is 16.7 Å². The number of anilines is 2. The summed E-state index contributed by atoms with van der Waals surface area (Å²) < 4.78 is 13.8. The molecule has 0 amide bonds. The molecule has 2 aromatic carbocycles. The molecule has 2 aliphatic rings. The number of rotatable bonds is 2. The number of para-hydroxylation sites is 2. The summed E-state index contributed by atoms with van der Waals surface area (Å²) in [5.41, 5.74) is 2.55. The van der Waals surface area contributed by atoms with Gasteiger partial charge in [0, 0.05) is 5.02 Å². The molecule has 0 bridgehead atoms. The Balaban J connectivity index is 0.00000109. The van der Waals surface area contributed by atoms with Crippen molar-refractivity contribution in [2.24, 2.45) is 4.99 Å². The fraction of sp³-hybridized carbons (Fsp3) is 0.409. The molecule has 1 aliphatic carbocycles. The lowest BCUT2D eigenvalue weighted by atomic mass is 9.79. The van der Waals surface area contributed by atoms with Gasteiger partial charge in [0.1, 0.15) is 11.7 Å². The van der Waals surface area contributed by atoms with E-state index in [4.69, 9.17) is 28.2 Å². The predicted octanol–water partition coefficient (Wildman–Crippen LogP) is 7.30. The van der Waals surface area contributed by atoms with Gasteiger partial charge in [-0.1, -0.05) is 68.4 Å². The van der Waals surface area contributed by atoms with Crippen molar-refractivity contribution in [1.82, 2.24) is 0 Å². The van der Waals surface area contributed by atoms with E-state index in [0.717, 1.165) is 42.9 Å². The molecular weight excluding hydrogens is 396 g/mol. The van der Waals surface area contributed by atoms with Crippen molar-refractivity contribution >= 4 is 40.4 Å². The highest BCUT2D eigenvalue weighted by Gasteiger charge is 2.40. The van der Waals surface area contributed by atoms with E-state index in [0.29, 0.717) is 17.1 Å². The number of amidine groups is 1. The standard InChI is InChI=1S/C20H20Cl2FN3.C2H6/c21-14-11-15(22)16(23)10-13(14)12-24-19-20(8-4-1-5-9-20)26-18-7-3-2-6-17(18)25-19;1-2/h2-3,6-7,10-11,26H,1,4-5,8-9,12H2,(H,24,25);1-2H3. The van der Waals surface area contributed by atoms with E-state index < -0.39 is 5.82 Å². The van der Waals surface area contributed by atoms with E-state index >= 15 is 0 Å². The molecule has 1 spiro atoms. The second-order valence-electron chi connectivity index (χ2n) is 6.96. The Bertz CT molecular complexity index is 861. The third kappa shape index (κ3) is 4.28. The van der Waals surface area contributed by atoms with Gasteiger partial charge in [-0.15, -0.1) is 0 Å². The zero-order valence-electron chi connectivity index (χ0n) is 16.3. The van der Waals surface area contributed by atoms with Crippen molar-refractivity contribution in [3.8, 4) is 0 Å². The number of nitrogens with one attached hydrogen (secondary N) is 2. The highest BCUT2D eigenvalue weighted by molar-refractivity contribution is 6.35. The van der Waals surface area contributed by atoms with Gasteiger partial charge in [-0.3, -0.25) is 4.99 Å². The lowest BCUT2D eigenvalue weighted by Gasteiger charge is -2.44. The molecule has 150 valence electrons. The molecule has 0 saturated heterocycles. The largest absolute Gasteiger partial charge is 0.371 e. The Morgan fingerprint density at radius 1 is 1.00 bits per heavy atom. The Labute approximate surface area is 176 Å². The number of hydrogen-bond acceptors (Lipinski definition) is 2. The number of hydrogen-bond donors (Lipinski definition) is 2. The van der Waals surface area contributed by atoms with Crippen LogP contribution in [0.25, 0.3) is 0 Å². The molecule has 1 fully saturated rings. The maximum atomic E-state index is 13.8. The summed E-state index contributed by atoms with van der Waals surface area (Å²) in [5, 5.41) is 7.67. The van der Waals surface area contributed by atoms with Gasteiger partial charge in [-0.05, 0) is 42.7 Å². The van der Waals surface area contributed by atoms with Crippen LogP contribution in [0, 0.1) is 5.82 Å². The quantitative estimate of drug-likeness (QED) is 0.498. The SMILES string of the molecule is CC.Fc1cc(CN=C2Nc3ccccc3NC23CCCCC3)c(Cl)cc1Cl. The number of benzene rings is 2. The number of halogens is 3. The fourth-order valence-electron chi connectivity index (χ4n) is 3.82. The van der Waals surface area contributed by atoms with Crippen molar-refractivity contribution in [3.63, 3.8) is 0 Å². The second-order valence-corrected chi connectivity index (χ2v) is 7.78. The van der Waals surface area contributed by atoms with Gasteiger partial charge < -0.3 is 10.6 Å². The van der Waals surface area contributed by atoms with Crippen molar-refractivity contribution in [3.05, 3.63) is 57.8 Å². The van der Waals surface area contributed by atoms with Crippen LogP contribution in [0.1, 0.15) is 51.5 Å². The maximum absolute atomic E-state index is 13.8. The maximum Gasteiger partial charge on any atom is 0.142 e. The Morgan fingerprint density at radius 2 is 1.68 bits per heavy atom. The molecule has 1 saturated carbocycles. The van der Waals surface area contributed by atoms with Gasteiger partial charge in [0.15, 0.2) is 0 Å². The summed E-state index contributed by atoms with van der Waals surface area (Å²) in [5.74, 6) is 0.432. The first-order valence-electron chi connectivity index (χ1n) is 9.90. The normalized spacial score (nSPS) is 18.5. The van der Waals surface area contributed by atoms with Crippen molar-refractivity contribution in [2.75, 3.05) is 10.6 Å². The lowest BCUT2D eigenvalue weighted by Crippen LogP contribution is -2.53. The molecule has 0 aromatic heterocycles. The predicted molar refractivity (Wildman–Crippen MR) is 118 cm³/mol. The monoisotopic (exact) mass is 421 g/mol. The summed E-state index contributed by atoms with van der Waals surface area (Å²) in [6, 6.07) is 10.9. The summed E-state index contributed by atoms with van der Waals surface area (Å²) in [4.78, 5) is 4.81. The van der Waals surface area contributed by atoms with Crippen LogP contribution in [0.15, 0.2) is 41.4 Å². The minimum Gasteiger partial charge on any atom is -0.371 e. The average Bonchev–Trinajstić information content (AvgIpc) is 2.72. The molecular formula is C22H26Cl2FN3. The summed E-state index contributed by atoms with van der Waals surface area (Å²) in [7, 11) is 0. The Hall–Kier alpha value is -1.78. The van der Waals surface area contributed by atoms with E-state index in [1.165, 1.54) is 18.6 Å². The minimum atomic E-state index is -0.473. The zero-order chi connectivity index (χ0) is 20.1.